The molecule has 8 nitrogen and oxygen atoms in total. The first-order chi connectivity index (χ1) is 13.8. The molecule has 2 heterocycles. The molecule has 0 aliphatic carbocycles. The average Bonchev–Trinajstić information content (AvgIpc) is 2.74. The van der Waals surface area contributed by atoms with E-state index in [0.717, 1.165) is 10.1 Å². The van der Waals surface area contributed by atoms with E-state index in [2.05, 4.69) is 15.2 Å². The van der Waals surface area contributed by atoms with Crippen molar-refractivity contribution in [3.8, 4) is 6.07 Å². The van der Waals surface area contributed by atoms with Crippen LogP contribution in [0.3, 0.4) is 0 Å². The van der Waals surface area contributed by atoms with Crippen LogP contribution in [0.1, 0.15) is 18.4 Å². The van der Waals surface area contributed by atoms with Crippen molar-refractivity contribution < 1.29 is 13.2 Å². The van der Waals surface area contributed by atoms with Crippen LogP contribution in [-0.4, -0.2) is 50.8 Å². The summed E-state index contributed by atoms with van der Waals surface area (Å²) in [7, 11) is -0.534. The highest BCUT2D eigenvalue weighted by atomic mass is 32.2. The van der Waals surface area contributed by atoms with Crippen molar-refractivity contribution in [3.63, 3.8) is 0 Å². The number of anilines is 2. The lowest BCUT2D eigenvalue weighted by atomic mass is 9.95. The molecule has 1 N–H and O–H groups in total. The Bertz CT molecular complexity index is 1000. The van der Waals surface area contributed by atoms with Gasteiger partial charge in [-0.3, -0.25) is 4.79 Å². The summed E-state index contributed by atoms with van der Waals surface area (Å²) in [5.74, 6) is 0.621. The smallest absolute Gasteiger partial charge is 0.242 e. The Morgan fingerprint density at radius 1 is 1.17 bits per heavy atom. The third kappa shape index (κ3) is 4.72. The quantitative estimate of drug-likeness (QED) is 0.804. The predicted octanol–water partition coefficient (Wildman–Crippen LogP) is 2.06. The molecule has 0 bridgehead atoms. The van der Waals surface area contributed by atoms with Crippen LogP contribution >= 0.6 is 0 Å². The van der Waals surface area contributed by atoms with Gasteiger partial charge in [-0.2, -0.15) is 5.26 Å². The highest BCUT2D eigenvalue weighted by molar-refractivity contribution is 7.89. The van der Waals surface area contributed by atoms with E-state index in [9.17, 15) is 13.2 Å². The van der Waals surface area contributed by atoms with Gasteiger partial charge in [0, 0.05) is 45.0 Å². The minimum Gasteiger partial charge on any atom is -0.357 e. The van der Waals surface area contributed by atoms with Gasteiger partial charge in [-0.05, 0) is 49.2 Å². The van der Waals surface area contributed by atoms with Gasteiger partial charge < -0.3 is 10.2 Å². The van der Waals surface area contributed by atoms with Gasteiger partial charge in [0.25, 0.3) is 0 Å². The van der Waals surface area contributed by atoms with Crippen molar-refractivity contribution in [2.75, 3.05) is 37.4 Å². The highest BCUT2D eigenvalue weighted by Gasteiger charge is 2.26. The van der Waals surface area contributed by atoms with Crippen LogP contribution in [-0.2, 0) is 14.8 Å². The largest absolute Gasteiger partial charge is 0.357 e. The maximum absolute atomic E-state index is 12.6. The Morgan fingerprint density at radius 3 is 2.34 bits per heavy atom. The predicted molar refractivity (Wildman–Crippen MR) is 110 cm³/mol. The maximum atomic E-state index is 12.6. The van der Waals surface area contributed by atoms with E-state index >= 15 is 0 Å². The molecule has 1 amide bonds. The fraction of sp³-hybridized carbons (Fsp3) is 0.350. The van der Waals surface area contributed by atoms with E-state index in [1.165, 1.54) is 26.2 Å². The first-order valence-electron chi connectivity index (χ1n) is 9.26. The Balaban J connectivity index is 1.56. The van der Waals surface area contributed by atoms with Gasteiger partial charge in [-0.25, -0.2) is 17.7 Å². The average molecular weight is 414 g/mol. The minimum absolute atomic E-state index is 0.0688. The van der Waals surface area contributed by atoms with Gasteiger partial charge in [-0.1, -0.05) is 0 Å². The molecule has 1 aromatic carbocycles. The summed E-state index contributed by atoms with van der Waals surface area (Å²) >= 11 is 0. The molecule has 0 radical (unpaired) electrons. The molecule has 0 unspecified atom stereocenters. The van der Waals surface area contributed by atoms with Gasteiger partial charge in [0.05, 0.1) is 10.5 Å². The molecule has 0 atom stereocenters. The van der Waals surface area contributed by atoms with Crippen LogP contribution in [0.15, 0.2) is 47.5 Å². The number of hydrogen-bond donors (Lipinski definition) is 1. The number of carbonyl (C=O) groups excluding carboxylic acids is 1. The molecule has 0 spiro atoms. The van der Waals surface area contributed by atoms with Gasteiger partial charge in [0.2, 0.25) is 15.9 Å². The third-order valence-corrected chi connectivity index (χ3v) is 6.80. The summed E-state index contributed by atoms with van der Waals surface area (Å²) in [6, 6.07) is 11.8. The second-order valence-electron chi connectivity index (χ2n) is 7.08. The minimum atomic E-state index is -3.49. The van der Waals surface area contributed by atoms with Crippen molar-refractivity contribution in [1.82, 2.24) is 9.29 Å². The van der Waals surface area contributed by atoms with Crippen molar-refractivity contribution in [3.05, 3.63) is 48.2 Å². The lowest BCUT2D eigenvalue weighted by Crippen LogP contribution is -2.38. The summed E-state index contributed by atoms with van der Waals surface area (Å²) in [6.07, 6.45) is 2.94. The van der Waals surface area contributed by atoms with Crippen LogP contribution < -0.4 is 10.2 Å². The lowest BCUT2D eigenvalue weighted by molar-refractivity contribution is -0.120. The van der Waals surface area contributed by atoms with Gasteiger partial charge >= 0.3 is 0 Å². The maximum Gasteiger partial charge on any atom is 0.242 e. The van der Waals surface area contributed by atoms with Crippen molar-refractivity contribution in [1.29, 1.82) is 5.26 Å². The third-order valence-electron chi connectivity index (χ3n) is 4.97. The molecule has 3 rings (SSSR count). The zero-order chi connectivity index (χ0) is 21.0. The molecule has 29 heavy (non-hydrogen) atoms. The molecule has 152 valence electrons. The van der Waals surface area contributed by atoms with Gasteiger partial charge in [0.15, 0.2) is 0 Å². The first-order valence-corrected chi connectivity index (χ1v) is 10.7. The van der Waals surface area contributed by atoms with Gasteiger partial charge in [-0.15, -0.1) is 0 Å². The monoisotopic (exact) mass is 413 g/mol. The molecular formula is C20H23N5O3S. The van der Waals surface area contributed by atoms with Crippen molar-refractivity contribution in [2.45, 2.75) is 17.7 Å². The van der Waals surface area contributed by atoms with E-state index in [0.29, 0.717) is 37.2 Å². The molecule has 2 aromatic rings. The number of sulfonamides is 1. The van der Waals surface area contributed by atoms with Crippen molar-refractivity contribution in [2.24, 2.45) is 5.92 Å². The number of benzene rings is 1. The second kappa shape index (κ2) is 8.59. The number of pyridine rings is 1. The topological polar surface area (TPSA) is 106 Å². The van der Waals surface area contributed by atoms with E-state index in [4.69, 9.17) is 5.26 Å². The van der Waals surface area contributed by atoms with E-state index in [1.807, 2.05) is 12.1 Å². The SMILES string of the molecule is CN(C)S(=O)(=O)c1ccc(NC(=O)C2CCN(c3ccc(C#N)cn3)CC2)cc1. The van der Waals surface area contributed by atoms with Crippen LogP contribution in [0.5, 0.6) is 0 Å². The summed E-state index contributed by atoms with van der Waals surface area (Å²) < 4.78 is 25.4. The second-order valence-corrected chi connectivity index (χ2v) is 9.23. The van der Waals surface area contributed by atoms with Crippen LogP contribution in [0, 0.1) is 17.2 Å². The fourth-order valence-electron chi connectivity index (χ4n) is 3.18. The molecule has 1 fully saturated rings. The van der Waals surface area contributed by atoms with Crippen LogP contribution in [0.25, 0.3) is 0 Å². The van der Waals surface area contributed by atoms with Crippen LogP contribution in [0.2, 0.25) is 0 Å². The summed E-state index contributed by atoms with van der Waals surface area (Å²) in [5, 5.41) is 11.7. The number of carbonyl (C=O) groups is 1. The molecule has 1 aliphatic rings. The number of nitrogens with one attached hydrogen (secondary N) is 1. The molecule has 1 aliphatic heterocycles. The zero-order valence-electron chi connectivity index (χ0n) is 16.4. The molecule has 9 heteroatoms. The molecule has 1 aromatic heterocycles. The van der Waals surface area contributed by atoms with E-state index < -0.39 is 10.0 Å². The summed E-state index contributed by atoms with van der Waals surface area (Å²) in [4.78, 5) is 19.2. The number of nitriles is 1. The normalized spacial score (nSPS) is 15.2. The number of hydrogen-bond acceptors (Lipinski definition) is 6. The molecule has 1 saturated heterocycles. The number of amides is 1. The summed E-state index contributed by atoms with van der Waals surface area (Å²) in [5.41, 5.74) is 1.09. The number of nitrogens with zero attached hydrogens (tertiary/aromatic N) is 4. The lowest BCUT2D eigenvalue weighted by Gasteiger charge is -2.32. The Labute approximate surface area is 170 Å². The van der Waals surface area contributed by atoms with E-state index in [-0.39, 0.29) is 16.7 Å². The number of piperidine rings is 1. The highest BCUT2D eigenvalue weighted by Crippen LogP contribution is 2.24. The Kier molecular flexibility index (Phi) is 6.15. The number of rotatable bonds is 5. The zero-order valence-corrected chi connectivity index (χ0v) is 17.2. The Hall–Kier alpha value is -2.96. The standard InChI is InChI=1S/C20H23N5O3S/c1-24(2)29(27,28)18-6-4-17(5-7-18)23-20(26)16-9-11-25(12-10-16)19-8-3-15(13-21)14-22-19/h3-8,14,16H,9-12H2,1-2H3,(H,23,26). The van der Waals surface area contributed by atoms with Crippen molar-refractivity contribution >= 4 is 27.4 Å². The fourth-order valence-corrected chi connectivity index (χ4v) is 4.08. The van der Waals surface area contributed by atoms with Crippen LogP contribution in [0.4, 0.5) is 11.5 Å². The first kappa shape index (κ1) is 20.8. The number of aromatic nitrogens is 1. The summed E-state index contributed by atoms with van der Waals surface area (Å²) in [6.45, 7) is 1.41. The van der Waals surface area contributed by atoms with E-state index in [1.54, 1.807) is 24.4 Å². The Morgan fingerprint density at radius 2 is 1.83 bits per heavy atom. The molecule has 0 saturated carbocycles. The molecular weight excluding hydrogens is 390 g/mol. The van der Waals surface area contributed by atoms with Gasteiger partial charge in [0.1, 0.15) is 11.9 Å².